The van der Waals surface area contributed by atoms with E-state index >= 15 is 0 Å². The average molecular weight is 303 g/mol. The molecule has 0 amide bonds. The maximum atomic E-state index is 10.4. The van der Waals surface area contributed by atoms with Gasteiger partial charge in [-0.3, -0.25) is 0 Å². The molecule has 0 bridgehead atoms. The molecule has 1 nitrogen and oxygen atoms in total. The Morgan fingerprint density at radius 1 is 1.09 bits per heavy atom. The number of rotatable bonds is 1. The number of aliphatic hydroxyl groups is 1. The summed E-state index contributed by atoms with van der Waals surface area (Å²) in [7, 11) is 0. The molecule has 0 radical (unpaired) electrons. The predicted octanol–water partition coefficient (Wildman–Crippen LogP) is 5.34. The van der Waals surface area contributed by atoms with Crippen LogP contribution >= 0.6 is 0 Å². The Morgan fingerprint density at radius 2 is 1.91 bits per heavy atom. The van der Waals surface area contributed by atoms with E-state index in [1.54, 1.807) is 5.57 Å². The van der Waals surface area contributed by atoms with E-state index in [0.29, 0.717) is 5.41 Å². The zero-order valence-corrected chi connectivity index (χ0v) is 14.8. The summed E-state index contributed by atoms with van der Waals surface area (Å²) < 4.78 is 0. The molecule has 0 spiro atoms. The van der Waals surface area contributed by atoms with Crippen LogP contribution in [-0.2, 0) is 0 Å². The largest absolute Gasteiger partial charge is 0.390 e. The second kappa shape index (κ2) is 5.10. The topological polar surface area (TPSA) is 20.2 Å². The Bertz CT molecular complexity index is 476. The lowest BCUT2D eigenvalue weighted by atomic mass is 9.51. The summed E-state index contributed by atoms with van der Waals surface area (Å²) in [5.74, 6) is 4.66. The molecule has 1 heteroatoms. The van der Waals surface area contributed by atoms with E-state index in [9.17, 15) is 5.11 Å². The molecule has 0 aromatic heterocycles. The van der Waals surface area contributed by atoms with Crippen LogP contribution in [-0.4, -0.2) is 10.7 Å². The van der Waals surface area contributed by atoms with Crippen molar-refractivity contribution in [1.82, 2.24) is 0 Å². The Morgan fingerprint density at radius 3 is 2.68 bits per heavy atom. The van der Waals surface area contributed by atoms with E-state index in [4.69, 9.17) is 0 Å². The first-order chi connectivity index (χ1) is 10.4. The average Bonchev–Trinajstić information content (AvgIpc) is 2.82. The highest BCUT2D eigenvalue weighted by Crippen LogP contribution is 2.64. The minimum atomic E-state index is -0.432. The summed E-state index contributed by atoms with van der Waals surface area (Å²) in [6.07, 6.45) is 14.3. The van der Waals surface area contributed by atoms with E-state index in [2.05, 4.69) is 19.9 Å². The standard InChI is InChI=1S/C21H34O/c1-4-15-6-8-19-18-7-5-14-13-20(2,22)11-9-16(14)17(18)10-12-21(15,19)3/h5,15-19,22H,4,6-13H2,1-3H3/t15?,16?,17-,18?,19+,20+,21-/m1/s1. The molecule has 3 saturated carbocycles. The maximum absolute atomic E-state index is 10.4. The van der Waals surface area contributed by atoms with E-state index in [1.165, 1.54) is 44.9 Å². The summed E-state index contributed by atoms with van der Waals surface area (Å²) in [5, 5.41) is 10.4. The Hall–Kier alpha value is -0.300. The van der Waals surface area contributed by atoms with Gasteiger partial charge in [-0.1, -0.05) is 31.9 Å². The van der Waals surface area contributed by atoms with Crippen LogP contribution in [0.5, 0.6) is 0 Å². The van der Waals surface area contributed by atoms with Crippen molar-refractivity contribution >= 4 is 0 Å². The summed E-state index contributed by atoms with van der Waals surface area (Å²) in [4.78, 5) is 0. The van der Waals surface area contributed by atoms with Crippen molar-refractivity contribution < 1.29 is 5.11 Å². The summed E-state index contributed by atoms with van der Waals surface area (Å²) in [6.45, 7) is 7.07. The molecule has 0 heterocycles. The van der Waals surface area contributed by atoms with Crippen molar-refractivity contribution in [2.45, 2.75) is 84.2 Å². The third-order valence-corrected chi connectivity index (χ3v) is 8.41. The van der Waals surface area contributed by atoms with Gasteiger partial charge in [0.05, 0.1) is 5.60 Å². The van der Waals surface area contributed by atoms with Gasteiger partial charge in [0.1, 0.15) is 0 Å². The predicted molar refractivity (Wildman–Crippen MR) is 91.5 cm³/mol. The van der Waals surface area contributed by atoms with Crippen LogP contribution in [0.4, 0.5) is 0 Å². The number of fused-ring (bicyclic) bond motifs is 5. The van der Waals surface area contributed by atoms with Crippen LogP contribution in [0.2, 0.25) is 0 Å². The summed E-state index contributed by atoms with van der Waals surface area (Å²) in [6, 6.07) is 0. The minimum absolute atomic E-state index is 0.432. The number of hydrogen-bond donors (Lipinski definition) is 1. The second-order valence-electron chi connectivity index (χ2n) is 9.49. The summed E-state index contributed by atoms with van der Waals surface area (Å²) in [5.41, 5.74) is 1.83. The Balaban J connectivity index is 1.60. The summed E-state index contributed by atoms with van der Waals surface area (Å²) >= 11 is 0. The highest BCUT2D eigenvalue weighted by molar-refractivity contribution is 5.21. The zero-order valence-electron chi connectivity index (χ0n) is 14.8. The zero-order chi connectivity index (χ0) is 15.5. The lowest BCUT2D eigenvalue weighted by Crippen LogP contribution is -2.47. The van der Waals surface area contributed by atoms with E-state index < -0.39 is 5.60 Å². The molecule has 0 aromatic rings. The molecule has 7 atom stereocenters. The molecule has 4 aliphatic rings. The molecule has 4 rings (SSSR count). The molecular formula is C21H34O. The fourth-order valence-corrected chi connectivity index (χ4v) is 7.25. The van der Waals surface area contributed by atoms with Gasteiger partial charge in [0.25, 0.3) is 0 Å². The number of hydrogen-bond acceptors (Lipinski definition) is 1. The van der Waals surface area contributed by atoms with Crippen LogP contribution in [0.15, 0.2) is 11.6 Å². The van der Waals surface area contributed by atoms with Crippen molar-refractivity contribution in [3.63, 3.8) is 0 Å². The first-order valence-corrected chi connectivity index (χ1v) is 9.86. The fraction of sp³-hybridized carbons (Fsp3) is 0.905. The lowest BCUT2D eigenvalue weighted by molar-refractivity contribution is -0.0333. The van der Waals surface area contributed by atoms with E-state index in [1.807, 2.05) is 6.92 Å². The molecule has 3 unspecified atom stereocenters. The van der Waals surface area contributed by atoms with Gasteiger partial charge < -0.3 is 5.11 Å². The highest BCUT2D eigenvalue weighted by atomic mass is 16.3. The SMILES string of the molecule is CCC1CC[C@H]2C3CC=C4C[C@@](C)(O)CCC4[C@H]3CC[C@]12C. The molecule has 3 fully saturated rings. The normalized spacial score (nSPS) is 54.2. The molecule has 124 valence electrons. The van der Waals surface area contributed by atoms with Gasteiger partial charge in [-0.25, -0.2) is 0 Å². The van der Waals surface area contributed by atoms with Gasteiger partial charge in [-0.2, -0.15) is 0 Å². The van der Waals surface area contributed by atoms with Crippen LogP contribution in [0.1, 0.15) is 78.6 Å². The maximum Gasteiger partial charge on any atom is 0.0657 e. The first kappa shape index (κ1) is 15.2. The van der Waals surface area contributed by atoms with Crippen LogP contribution in [0.25, 0.3) is 0 Å². The van der Waals surface area contributed by atoms with Gasteiger partial charge in [0.15, 0.2) is 0 Å². The van der Waals surface area contributed by atoms with Crippen LogP contribution < -0.4 is 0 Å². The quantitative estimate of drug-likeness (QED) is 0.648. The van der Waals surface area contributed by atoms with Gasteiger partial charge in [-0.05, 0) is 93.3 Å². The van der Waals surface area contributed by atoms with Gasteiger partial charge >= 0.3 is 0 Å². The smallest absolute Gasteiger partial charge is 0.0657 e. The third kappa shape index (κ3) is 2.14. The molecule has 22 heavy (non-hydrogen) atoms. The monoisotopic (exact) mass is 302 g/mol. The minimum Gasteiger partial charge on any atom is -0.390 e. The third-order valence-electron chi connectivity index (χ3n) is 8.41. The molecule has 0 aromatic carbocycles. The number of allylic oxidation sites excluding steroid dienone is 1. The van der Waals surface area contributed by atoms with Crippen molar-refractivity contribution in [3.05, 3.63) is 11.6 Å². The van der Waals surface area contributed by atoms with Crippen molar-refractivity contribution in [2.24, 2.45) is 35.0 Å². The molecule has 1 N–H and O–H groups in total. The van der Waals surface area contributed by atoms with Crippen LogP contribution in [0.3, 0.4) is 0 Å². The van der Waals surface area contributed by atoms with Gasteiger partial charge in [0.2, 0.25) is 0 Å². The highest BCUT2D eigenvalue weighted by Gasteiger charge is 2.55. The van der Waals surface area contributed by atoms with Gasteiger partial charge in [-0.15, -0.1) is 0 Å². The molecule has 0 aliphatic heterocycles. The van der Waals surface area contributed by atoms with E-state index in [0.717, 1.165) is 42.4 Å². The lowest BCUT2D eigenvalue weighted by Gasteiger charge is -2.54. The fourth-order valence-electron chi connectivity index (χ4n) is 7.25. The Labute approximate surface area is 136 Å². The van der Waals surface area contributed by atoms with Crippen LogP contribution in [0, 0.1) is 35.0 Å². The Kier molecular flexibility index (Phi) is 3.53. The first-order valence-electron chi connectivity index (χ1n) is 9.86. The van der Waals surface area contributed by atoms with Crippen molar-refractivity contribution in [3.8, 4) is 0 Å². The molecular weight excluding hydrogens is 268 g/mol. The van der Waals surface area contributed by atoms with E-state index in [-0.39, 0.29) is 0 Å². The molecule has 4 aliphatic carbocycles. The van der Waals surface area contributed by atoms with Gasteiger partial charge in [0, 0.05) is 0 Å². The van der Waals surface area contributed by atoms with Crippen molar-refractivity contribution in [1.29, 1.82) is 0 Å². The van der Waals surface area contributed by atoms with Crippen molar-refractivity contribution in [2.75, 3.05) is 0 Å². The second-order valence-corrected chi connectivity index (χ2v) is 9.49. The molecule has 0 saturated heterocycles.